The normalized spacial score (nSPS) is 10.8. The molecule has 2 aromatic carbocycles. The summed E-state index contributed by atoms with van der Waals surface area (Å²) in [4.78, 5) is 25.2. The van der Waals surface area contributed by atoms with Gasteiger partial charge in [-0.05, 0) is 42.7 Å². The van der Waals surface area contributed by atoms with Crippen LogP contribution < -0.4 is 10.3 Å². The van der Waals surface area contributed by atoms with Crippen LogP contribution in [0.25, 0.3) is 5.69 Å². The van der Waals surface area contributed by atoms with Gasteiger partial charge in [0.1, 0.15) is 17.3 Å². The average molecular weight is 413 g/mol. The fraction of sp³-hybridized carbons (Fsp3) is 0.227. The summed E-state index contributed by atoms with van der Waals surface area (Å²) in [5.74, 6) is -1.50. The van der Waals surface area contributed by atoms with Crippen LogP contribution in [0.1, 0.15) is 30.2 Å². The number of anilines is 1. The largest absolute Gasteiger partial charge is 0.465 e. The first-order chi connectivity index (χ1) is 14.3. The first-order valence-electron chi connectivity index (χ1n) is 9.44. The smallest absolute Gasteiger partial charge is 0.411 e. The molecule has 3 rings (SSSR count). The van der Waals surface area contributed by atoms with Gasteiger partial charge in [-0.25, -0.2) is 18.3 Å². The standard InChI is InChI=1S/C22H21F2N3O3/c1-3-8-26(22(29)30)20-6-4-5-15(14(20)2)10-19-21(28)7-9-27(25-19)18-12-16(23)11-17(24)13-18/h4-7,9,11-13H,3,8,10H2,1-2H3,(H,29,30). The quantitative estimate of drug-likeness (QED) is 0.654. The van der Waals surface area contributed by atoms with Crippen molar-refractivity contribution in [3.05, 3.63) is 87.3 Å². The topological polar surface area (TPSA) is 75.4 Å². The van der Waals surface area contributed by atoms with Gasteiger partial charge in [-0.15, -0.1) is 0 Å². The molecule has 1 N–H and O–H groups in total. The number of nitrogens with zero attached hydrogens (tertiary/aromatic N) is 3. The molecule has 0 aliphatic carbocycles. The molecule has 0 spiro atoms. The number of aromatic nitrogens is 2. The molecule has 30 heavy (non-hydrogen) atoms. The molecule has 8 heteroatoms. The van der Waals surface area contributed by atoms with Crippen molar-refractivity contribution in [2.45, 2.75) is 26.7 Å². The molecule has 1 aromatic heterocycles. The minimum absolute atomic E-state index is 0.150. The van der Waals surface area contributed by atoms with Crippen molar-refractivity contribution < 1.29 is 18.7 Å². The highest BCUT2D eigenvalue weighted by atomic mass is 19.1. The van der Waals surface area contributed by atoms with Crippen molar-refractivity contribution >= 4 is 11.8 Å². The van der Waals surface area contributed by atoms with Gasteiger partial charge in [0.2, 0.25) is 5.43 Å². The van der Waals surface area contributed by atoms with Crippen molar-refractivity contribution in [3.8, 4) is 5.69 Å². The summed E-state index contributed by atoms with van der Waals surface area (Å²) in [6, 6.07) is 9.52. The van der Waals surface area contributed by atoms with Crippen LogP contribution >= 0.6 is 0 Å². The van der Waals surface area contributed by atoms with Crippen molar-refractivity contribution in [2.75, 3.05) is 11.4 Å². The zero-order valence-corrected chi connectivity index (χ0v) is 16.6. The molecule has 0 aliphatic heterocycles. The second-order valence-corrected chi connectivity index (χ2v) is 6.87. The lowest BCUT2D eigenvalue weighted by atomic mass is 10.0. The van der Waals surface area contributed by atoms with Gasteiger partial charge in [0.05, 0.1) is 11.4 Å². The van der Waals surface area contributed by atoms with Gasteiger partial charge in [-0.3, -0.25) is 9.69 Å². The van der Waals surface area contributed by atoms with Crippen molar-refractivity contribution in [3.63, 3.8) is 0 Å². The van der Waals surface area contributed by atoms with Crippen molar-refractivity contribution in [1.82, 2.24) is 9.78 Å². The Morgan fingerprint density at radius 2 is 1.87 bits per heavy atom. The third kappa shape index (κ3) is 4.53. The molecular weight excluding hydrogens is 392 g/mol. The number of halogens is 2. The van der Waals surface area contributed by atoms with Gasteiger partial charge in [-0.1, -0.05) is 19.1 Å². The number of hydrogen-bond donors (Lipinski definition) is 1. The second kappa shape index (κ2) is 8.86. The summed E-state index contributed by atoms with van der Waals surface area (Å²) in [7, 11) is 0. The molecule has 6 nitrogen and oxygen atoms in total. The zero-order valence-electron chi connectivity index (χ0n) is 16.6. The molecule has 0 fully saturated rings. The van der Waals surface area contributed by atoms with Gasteiger partial charge in [0.15, 0.2) is 0 Å². The van der Waals surface area contributed by atoms with E-state index in [4.69, 9.17) is 0 Å². The van der Waals surface area contributed by atoms with E-state index >= 15 is 0 Å². The van der Waals surface area contributed by atoms with Crippen LogP contribution in [-0.4, -0.2) is 27.5 Å². The third-order valence-corrected chi connectivity index (χ3v) is 4.74. The number of amides is 1. The molecule has 1 heterocycles. The minimum atomic E-state index is -1.05. The highest BCUT2D eigenvalue weighted by molar-refractivity contribution is 5.87. The summed E-state index contributed by atoms with van der Waals surface area (Å²) in [6.07, 6.45) is 1.10. The Labute approximate surface area is 172 Å². The first-order valence-corrected chi connectivity index (χ1v) is 9.44. The van der Waals surface area contributed by atoms with Gasteiger partial charge >= 0.3 is 6.09 Å². The van der Waals surface area contributed by atoms with Crippen LogP contribution in [0.5, 0.6) is 0 Å². The number of carboxylic acid groups (broad SMARTS) is 1. The first kappa shape index (κ1) is 21.2. The van der Waals surface area contributed by atoms with E-state index in [1.165, 1.54) is 21.8 Å². The molecule has 0 radical (unpaired) electrons. The van der Waals surface area contributed by atoms with E-state index in [-0.39, 0.29) is 23.2 Å². The van der Waals surface area contributed by atoms with E-state index in [0.29, 0.717) is 18.7 Å². The lowest BCUT2D eigenvalue weighted by Gasteiger charge is -2.22. The predicted octanol–water partition coefficient (Wildman–Crippen LogP) is 4.30. The van der Waals surface area contributed by atoms with Crippen molar-refractivity contribution in [1.29, 1.82) is 0 Å². The molecule has 3 aromatic rings. The zero-order chi connectivity index (χ0) is 21.8. The Morgan fingerprint density at radius 1 is 1.17 bits per heavy atom. The van der Waals surface area contributed by atoms with Crippen LogP contribution in [0.4, 0.5) is 19.3 Å². The maximum atomic E-state index is 13.5. The molecule has 0 saturated carbocycles. The average Bonchev–Trinajstić information content (AvgIpc) is 2.68. The lowest BCUT2D eigenvalue weighted by Crippen LogP contribution is -2.30. The number of rotatable bonds is 6. The molecule has 0 atom stereocenters. The molecule has 0 aliphatic rings. The summed E-state index contributed by atoms with van der Waals surface area (Å²) in [5, 5.41) is 13.8. The Kier molecular flexibility index (Phi) is 6.25. The third-order valence-electron chi connectivity index (χ3n) is 4.74. The summed E-state index contributed by atoms with van der Waals surface area (Å²) in [5.41, 5.74) is 2.02. The highest BCUT2D eigenvalue weighted by Gasteiger charge is 2.18. The SMILES string of the molecule is CCCN(C(=O)O)c1cccc(Cc2nn(-c3cc(F)cc(F)c3)ccc2=O)c1C. The van der Waals surface area contributed by atoms with E-state index in [9.17, 15) is 23.5 Å². The summed E-state index contributed by atoms with van der Waals surface area (Å²) < 4.78 is 28.3. The van der Waals surface area contributed by atoms with Crippen LogP contribution in [0.15, 0.2) is 53.5 Å². The number of benzene rings is 2. The minimum Gasteiger partial charge on any atom is -0.465 e. The summed E-state index contributed by atoms with van der Waals surface area (Å²) in [6.45, 7) is 4.03. The van der Waals surface area contributed by atoms with Gasteiger partial charge in [0.25, 0.3) is 0 Å². The highest BCUT2D eigenvalue weighted by Crippen LogP contribution is 2.25. The van der Waals surface area contributed by atoms with Gasteiger partial charge in [0, 0.05) is 31.3 Å². The second-order valence-electron chi connectivity index (χ2n) is 6.87. The number of hydrogen-bond acceptors (Lipinski definition) is 3. The van der Waals surface area contributed by atoms with Crippen molar-refractivity contribution in [2.24, 2.45) is 0 Å². The van der Waals surface area contributed by atoms with Crippen LogP contribution in [0, 0.1) is 18.6 Å². The van der Waals surface area contributed by atoms with E-state index in [2.05, 4.69) is 5.10 Å². The lowest BCUT2D eigenvalue weighted by molar-refractivity contribution is 0.201. The van der Waals surface area contributed by atoms with Crippen LogP contribution in [0.2, 0.25) is 0 Å². The molecule has 0 unspecified atom stereocenters. The molecule has 156 valence electrons. The van der Waals surface area contributed by atoms with E-state index in [0.717, 1.165) is 29.3 Å². The molecule has 0 bridgehead atoms. The fourth-order valence-corrected chi connectivity index (χ4v) is 3.26. The fourth-order valence-electron chi connectivity index (χ4n) is 3.26. The van der Waals surface area contributed by atoms with E-state index in [1.54, 1.807) is 25.1 Å². The van der Waals surface area contributed by atoms with Crippen LogP contribution in [0.3, 0.4) is 0 Å². The molecule has 1 amide bonds. The monoisotopic (exact) mass is 413 g/mol. The Hall–Kier alpha value is -3.55. The van der Waals surface area contributed by atoms with Crippen LogP contribution in [-0.2, 0) is 6.42 Å². The molecular formula is C22H21F2N3O3. The van der Waals surface area contributed by atoms with Gasteiger partial charge in [-0.2, -0.15) is 5.10 Å². The predicted molar refractivity (Wildman–Crippen MR) is 109 cm³/mol. The maximum Gasteiger partial charge on any atom is 0.411 e. The Balaban J connectivity index is 2.00. The Bertz CT molecular complexity index is 1120. The van der Waals surface area contributed by atoms with E-state index < -0.39 is 17.7 Å². The maximum absolute atomic E-state index is 13.5. The molecule has 0 saturated heterocycles. The van der Waals surface area contributed by atoms with Gasteiger partial charge < -0.3 is 5.11 Å². The summed E-state index contributed by atoms with van der Waals surface area (Å²) >= 11 is 0. The van der Waals surface area contributed by atoms with E-state index in [1.807, 2.05) is 6.92 Å². The number of carbonyl (C=O) groups is 1. The Morgan fingerprint density at radius 3 is 2.50 bits per heavy atom.